The summed E-state index contributed by atoms with van der Waals surface area (Å²) >= 11 is 0. The third kappa shape index (κ3) is 8.85. The minimum absolute atomic E-state index is 0.0896. The number of carbonyl (C=O) groups excluding carboxylic acids is 3. The number of hydrogen-bond acceptors (Lipinski definition) is 5. The van der Waals surface area contributed by atoms with Crippen LogP contribution in [-0.2, 0) is 27.4 Å². The molecule has 0 heterocycles. The lowest BCUT2D eigenvalue weighted by atomic mass is 10.1. The van der Waals surface area contributed by atoms with Crippen molar-refractivity contribution >= 4 is 23.6 Å². The van der Waals surface area contributed by atoms with Gasteiger partial charge in [0, 0.05) is 18.7 Å². The lowest BCUT2D eigenvalue weighted by molar-refractivity contribution is -0.123. The van der Waals surface area contributed by atoms with E-state index in [4.69, 9.17) is 9.47 Å². The first-order valence-electron chi connectivity index (χ1n) is 11.3. The summed E-state index contributed by atoms with van der Waals surface area (Å²) in [6, 6.07) is 24.5. The molecular formula is C27H29N3O5. The second kappa shape index (κ2) is 13.4. The number of likely N-dealkylation sites (N-methyl/N-ethyl adjacent to an activating group) is 1. The maximum atomic E-state index is 13.0. The summed E-state index contributed by atoms with van der Waals surface area (Å²) in [5.41, 5.74) is 2.27. The Balaban J connectivity index is 1.60. The van der Waals surface area contributed by atoms with E-state index in [2.05, 4.69) is 16.0 Å². The Morgan fingerprint density at radius 2 is 1.46 bits per heavy atom. The number of rotatable bonds is 11. The molecule has 35 heavy (non-hydrogen) atoms. The van der Waals surface area contributed by atoms with Crippen LogP contribution in [0.3, 0.4) is 0 Å². The second-order valence-corrected chi connectivity index (χ2v) is 7.70. The van der Waals surface area contributed by atoms with Gasteiger partial charge in [-0.25, -0.2) is 4.79 Å². The molecule has 0 aliphatic carbocycles. The van der Waals surface area contributed by atoms with Crippen LogP contribution in [-0.4, -0.2) is 37.1 Å². The average Bonchev–Trinajstić information content (AvgIpc) is 2.88. The molecule has 0 radical (unpaired) electrons. The van der Waals surface area contributed by atoms with E-state index in [9.17, 15) is 14.4 Å². The molecular weight excluding hydrogens is 446 g/mol. The molecule has 0 aliphatic heterocycles. The van der Waals surface area contributed by atoms with Crippen molar-refractivity contribution in [1.82, 2.24) is 10.6 Å². The van der Waals surface area contributed by atoms with Crippen molar-refractivity contribution in [3.05, 3.63) is 96.1 Å². The van der Waals surface area contributed by atoms with Gasteiger partial charge in [0.15, 0.2) is 6.61 Å². The van der Waals surface area contributed by atoms with Crippen LogP contribution in [0.4, 0.5) is 10.5 Å². The number of hydrogen-bond donors (Lipinski definition) is 3. The molecule has 0 aromatic heterocycles. The van der Waals surface area contributed by atoms with E-state index < -0.39 is 12.1 Å². The van der Waals surface area contributed by atoms with Crippen molar-refractivity contribution in [2.24, 2.45) is 0 Å². The molecule has 182 valence electrons. The topological polar surface area (TPSA) is 106 Å². The van der Waals surface area contributed by atoms with Gasteiger partial charge in [-0.3, -0.25) is 9.59 Å². The normalized spacial score (nSPS) is 11.1. The van der Waals surface area contributed by atoms with E-state index in [1.54, 1.807) is 24.3 Å². The highest BCUT2D eigenvalue weighted by molar-refractivity contribution is 5.96. The highest BCUT2D eigenvalue weighted by Crippen LogP contribution is 2.16. The molecule has 3 amide bonds. The summed E-state index contributed by atoms with van der Waals surface area (Å²) in [4.78, 5) is 37.0. The van der Waals surface area contributed by atoms with Crippen molar-refractivity contribution in [2.45, 2.75) is 26.0 Å². The second-order valence-electron chi connectivity index (χ2n) is 7.70. The van der Waals surface area contributed by atoms with E-state index in [1.807, 2.05) is 67.6 Å². The predicted molar refractivity (Wildman–Crippen MR) is 133 cm³/mol. The Labute approximate surface area is 204 Å². The van der Waals surface area contributed by atoms with Crippen LogP contribution in [0.1, 0.15) is 18.1 Å². The van der Waals surface area contributed by atoms with Crippen molar-refractivity contribution in [1.29, 1.82) is 0 Å². The molecule has 3 N–H and O–H groups in total. The summed E-state index contributed by atoms with van der Waals surface area (Å²) < 4.78 is 10.7. The molecule has 0 saturated carbocycles. The quantitative estimate of drug-likeness (QED) is 0.392. The van der Waals surface area contributed by atoms with E-state index >= 15 is 0 Å². The molecule has 0 aliphatic rings. The predicted octanol–water partition coefficient (Wildman–Crippen LogP) is 3.68. The van der Waals surface area contributed by atoms with E-state index in [0.29, 0.717) is 24.4 Å². The maximum Gasteiger partial charge on any atom is 0.408 e. The number of anilines is 1. The molecule has 1 atom stereocenters. The zero-order valence-electron chi connectivity index (χ0n) is 19.5. The third-order valence-corrected chi connectivity index (χ3v) is 4.97. The van der Waals surface area contributed by atoms with Crippen molar-refractivity contribution in [2.75, 3.05) is 18.5 Å². The number of carbonyl (C=O) groups is 3. The fraction of sp³-hybridized carbons (Fsp3) is 0.222. The molecule has 8 heteroatoms. The number of nitrogens with one attached hydrogen (secondary N) is 3. The summed E-state index contributed by atoms with van der Waals surface area (Å²) in [6.45, 7) is 2.38. The maximum absolute atomic E-state index is 13.0. The standard InChI is InChI=1S/C27H29N3O5/c1-2-28-25(31)19-34-23-15-13-22(14-16-23)29-26(32)24(17-20-9-5-3-6-10-20)30-27(33)35-18-21-11-7-4-8-12-21/h3-16,24H,2,17-19H2,1H3,(H,28,31)(H,29,32)(H,30,33). The molecule has 0 bridgehead atoms. The van der Waals surface area contributed by atoms with Gasteiger partial charge in [-0.2, -0.15) is 0 Å². The van der Waals surface area contributed by atoms with Crippen LogP contribution in [0.5, 0.6) is 5.75 Å². The SMILES string of the molecule is CCNC(=O)COc1ccc(NC(=O)C(Cc2ccccc2)NC(=O)OCc2ccccc2)cc1. The first-order valence-corrected chi connectivity index (χ1v) is 11.3. The van der Waals surface area contributed by atoms with Crippen molar-refractivity contribution in [3.8, 4) is 5.75 Å². The van der Waals surface area contributed by atoms with Crippen molar-refractivity contribution in [3.63, 3.8) is 0 Å². The molecule has 0 saturated heterocycles. The minimum Gasteiger partial charge on any atom is -0.484 e. The van der Waals surface area contributed by atoms with Crippen LogP contribution in [0.2, 0.25) is 0 Å². The molecule has 3 rings (SSSR count). The Kier molecular flexibility index (Phi) is 9.68. The van der Waals surface area contributed by atoms with Crippen LogP contribution >= 0.6 is 0 Å². The molecule has 1 unspecified atom stereocenters. The van der Waals surface area contributed by atoms with Gasteiger partial charge < -0.3 is 25.4 Å². The summed E-state index contributed by atoms with van der Waals surface area (Å²) in [5, 5.41) is 8.13. The van der Waals surface area contributed by atoms with Gasteiger partial charge >= 0.3 is 6.09 Å². The van der Waals surface area contributed by atoms with Crippen LogP contribution in [0, 0.1) is 0 Å². The molecule has 8 nitrogen and oxygen atoms in total. The highest BCUT2D eigenvalue weighted by atomic mass is 16.5. The van der Waals surface area contributed by atoms with Crippen molar-refractivity contribution < 1.29 is 23.9 Å². The van der Waals surface area contributed by atoms with Crippen LogP contribution in [0.25, 0.3) is 0 Å². The first kappa shape index (κ1) is 25.3. The fourth-order valence-electron chi connectivity index (χ4n) is 3.23. The monoisotopic (exact) mass is 475 g/mol. The fourth-order valence-corrected chi connectivity index (χ4v) is 3.23. The van der Waals surface area contributed by atoms with Gasteiger partial charge in [0.1, 0.15) is 18.4 Å². The summed E-state index contributed by atoms with van der Waals surface area (Å²) in [6.07, 6.45) is -0.389. The highest BCUT2D eigenvalue weighted by Gasteiger charge is 2.22. The minimum atomic E-state index is -0.852. The van der Waals surface area contributed by atoms with E-state index in [0.717, 1.165) is 11.1 Å². The van der Waals surface area contributed by atoms with Gasteiger partial charge in [-0.1, -0.05) is 60.7 Å². The van der Waals surface area contributed by atoms with E-state index in [1.165, 1.54) is 0 Å². The zero-order chi connectivity index (χ0) is 24.9. The molecule has 3 aromatic rings. The Morgan fingerprint density at radius 1 is 0.829 bits per heavy atom. The summed E-state index contributed by atoms with van der Waals surface area (Å²) in [7, 11) is 0. The third-order valence-electron chi connectivity index (χ3n) is 4.97. The molecule has 3 aromatic carbocycles. The number of amides is 3. The van der Waals surface area contributed by atoms with Crippen LogP contribution in [0.15, 0.2) is 84.9 Å². The zero-order valence-corrected chi connectivity index (χ0v) is 19.5. The average molecular weight is 476 g/mol. The lowest BCUT2D eigenvalue weighted by Crippen LogP contribution is -2.45. The largest absolute Gasteiger partial charge is 0.484 e. The Hall–Kier alpha value is -4.33. The Morgan fingerprint density at radius 3 is 2.09 bits per heavy atom. The van der Waals surface area contributed by atoms with Gasteiger partial charge in [0.2, 0.25) is 5.91 Å². The van der Waals surface area contributed by atoms with Gasteiger partial charge in [-0.15, -0.1) is 0 Å². The lowest BCUT2D eigenvalue weighted by Gasteiger charge is -2.19. The smallest absolute Gasteiger partial charge is 0.408 e. The molecule has 0 spiro atoms. The van der Waals surface area contributed by atoms with E-state index in [-0.39, 0.29) is 25.0 Å². The van der Waals surface area contributed by atoms with Gasteiger partial charge in [0.25, 0.3) is 5.91 Å². The van der Waals surface area contributed by atoms with Crippen LogP contribution < -0.4 is 20.7 Å². The number of benzene rings is 3. The first-order chi connectivity index (χ1) is 17.0. The van der Waals surface area contributed by atoms with Gasteiger partial charge in [-0.05, 0) is 42.3 Å². The molecule has 0 fully saturated rings. The van der Waals surface area contributed by atoms with Gasteiger partial charge in [0.05, 0.1) is 0 Å². The summed E-state index contributed by atoms with van der Waals surface area (Å²) in [5.74, 6) is -0.0990. The Bertz CT molecular complexity index is 1090. The number of alkyl carbamates (subject to hydrolysis) is 1. The number of ether oxygens (including phenoxy) is 2.